The molecule has 0 bridgehead atoms. The molecule has 154 valence electrons. The first kappa shape index (κ1) is 19.9. The molecule has 2 aromatic carbocycles. The number of nitrogens with one attached hydrogen (secondary N) is 2. The quantitative estimate of drug-likeness (QED) is 0.578. The zero-order valence-corrected chi connectivity index (χ0v) is 16.6. The molecule has 2 amide bonds. The van der Waals surface area contributed by atoms with Gasteiger partial charge in [-0.1, -0.05) is 37.1 Å². The lowest BCUT2D eigenvalue weighted by molar-refractivity contribution is 0.236. The standard InChI is InChI=1S/C24H24FN3O2/c25-19-11-9-18(10-12-19)24(13-2-3-14-24)28-23(29)27-20-7-5-8-22(16-20)30-17-21-6-1-4-15-26-21/h1,4-12,15-16H,2-3,13-14,17H2,(H2,27,28,29). The second-order valence-corrected chi connectivity index (χ2v) is 7.51. The third-order valence-corrected chi connectivity index (χ3v) is 5.41. The van der Waals surface area contributed by atoms with Gasteiger partial charge in [-0.3, -0.25) is 4.98 Å². The van der Waals surface area contributed by atoms with Crippen LogP contribution in [-0.2, 0) is 12.1 Å². The molecule has 1 saturated carbocycles. The molecule has 1 fully saturated rings. The van der Waals surface area contributed by atoms with Crippen LogP contribution in [0.2, 0.25) is 0 Å². The largest absolute Gasteiger partial charge is 0.487 e. The normalized spacial score (nSPS) is 14.8. The monoisotopic (exact) mass is 405 g/mol. The number of carbonyl (C=O) groups is 1. The summed E-state index contributed by atoms with van der Waals surface area (Å²) in [5, 5.41) is 6.02. The van der Waals surface area contributed by atoms with E-state index in [1.807, 2.05) is 36.4 Å². The van der Waals surface area contributed by atoms with Crippen LogP contribution in [0.5, 0.6) is 5.75 Å². The fraction of sp³-hybridized carbons (Fsp3) is 0.250. The third-order valence-electron chi connectivity index (χ3n) is 5.41. The smallest absolute Gasteiger partial charge is 0.319 e. The van der Waals surface area contributed by atoms with Gasteiger partial charge in [0, 0.05) is 18.0 Å². The van der Waals surface area contributed by atoms with Crippen LogP contribution in [0.25, 0.3) is 0 Å². The van der Waals surface area contributed by atoms with Gasteiger partial charge < -0.3 is 15.4 Å². The van der Waals surface area contributed by atoms with Crippen molar-refractivity contribution in [1.82, 2.24) is 10.3 Å². The molecule has 5 nitrogen and oxygen atoms in total. The van der Waals surface area contributed by atoms with E-state index < -0.39 is 5.54 Å². The van der Waals surface area contributed by atoms with Crippen LogP contribution in [0, 0.1) is 5.82 Å². The average Bonchev–Trinajstić information content (AvgIpc) is 3.23. The Morgan fingerprint density at radius 1 is 1.03 bits per heavy atom. The Morgan fingerprint density at radius 2 is 1.83 bits per heavy atom. The van der Waals surface area contributed by atoms with Crippen molar-refractivity contribution in [2.24, 2.45) is 0 Å². The Balaban J connectivity index is 1.41. The first-order valence-corrected chi connectivity index (χ1v) is 10.1. The molecule has 0 unspecified atom stereocenters. The highest BCUT2D eigenvalue weighted by Gasteiger charge is 2.37. The van der Waals surface area contributed by atoms with Gasteiger partial charge in [0.25, 0.3) is 0 Å². The number of anilines is 1. The molecule has 0 saturated heterocycles. The average molecular weight is 405 g/mol. The molecule has 0 spiro atoms. The predicted molar refractivity (Wildman–Crippen MR) is 114 cm³/mol. The number of nitrogens with zero attached hydrogens (tertiary/aromatic N) is 1. The van der Waals surface area contributed by atoms with Crippen molar-refractivity contribution < 1.29 is 13.9 Å². The van der Waals surface area contributed by atoms with Crippen LogP contribution in [0.3, 0.4) is 0 Å². The van der Waals surface area contributed by atoms with Gasteiger partial charge in [0.2, 0.25) is 0 Å². The number of ether oxygens (including phenoxy) is 1. The first-order chi connectivity index (χ1) is 14.6. The SMILES string of the molecule is O=C(Nc1cccc(OCc2ccccn2)c1)NC1(c2ccc(F)cc2)CCCC1. The van der Waals surface area contributed by atoms with Crippen molar-refractivity contribution in [3.63, 3.8) is 0 Å². The maximum absolute atomic E-state index is 13.3. The minimum atomic E-state index is -0.467. The van der Waals surface area contributed by atoms with E-state index in [0.29, 0.717) is 18.0 Å². The van der Waals surface area contributed by atoms with Gasteiger partial charge in [-0.25, -0.2) is 9.18 Å². The van der Waals surface area contributed by atoms with Gasteiger partial charge in [-0.05, 0) is 54.8 Å². The first-order valence-electron chi connectivity index (χ1n) is 10.1. The fourth-order valence-electron chi connectivity index (χ4n) is 3.92. The Labute approximate surface area is 175 Å². The van der Waals surface area contributed by atoms with Crippen LogP contribution in [-0.4, -0.2) is 11.0 Å². The fourth-order valence-corrected chi connectivity index (χ4v) is 3.92. The highest BCUT2D eigenvalue weighted by atomic mass is 19.1. The van der Waals surface area contributed by atoms with Gasteiger partial charge in [-0.2, -0.15) is 0 Å². The number of benzene rings is 2. The molecule has 1 aliphatic carbocycles. The van der Waals surface area contributed by atoms with Gasteiger partial charge in [0.1, 0.15) is 18.2 Å². The molecule has 2 N–H and O–H groups in total. The number of carbonyl (C=O) groups excluding carboxylic acids is 1. The van der Waals surface area contributed by atoms with Crippen molar-refractivity contribution in [1.29, 1.82) is 0 Å². The highest BCUT2D eigenvalue weighted by molar-refractivity contribution is 5.90. The summed E-state index contributed by atoms with van der Waals surface area (Å²) in [6.07, 6.45) is 5.43. The molecule has 6 heteroatoms. The van der Waals surface area contributed by atoms with Crippen molar-refractivity contribution in [2.75, 3.05) is 5.32 Å². The van der Waals surface area contributed by atoms with E-state index in [4.69, 9.17) is 4.74 Å². The van der Waals surface area contributed by atoms with Crippen molar-refractivity contribution >= 4 is 11.7 Å². The number of hydrogen-bond donors (Lipinski definition) is 2. The van der Waals surface area contributed by atoms with Crippen molar-refractivity contribution in [2.45, 2.75) is 37.8 Å². The van der Waals surface area contributed by atoms with E-state index in [-0.39, 0.29) is 11.8 Å². The van der Waals surface area contributed by atoms with Crippen molar-refractivity contribution in [3.8, 4) is 5.75 Å². The van der Waals surface area contributed by atoms with E-state index in [9.17, 15) is 9.18 Å². The third kappa shape index (κ3) is 4.76. The lowest BCUT2D eigenvalue weighted by Gasteiger charge is -2.31. The number of pyridine rings is 1. The van der Waals surface area contributed by atoms with Crippen molar-refractivity contribution in [3.05, 3.63) is 90.0 Å². The summed E-state index contributed by atoms with van der Waals surface area (Å²) in [5.74, 6) is 0.367. The van der Waals surface area contributed by atoms with Crippen LogP contribution in [0.4, 0.5) is 14.9 Å². The molecule has 1 aromatic heterocycles. The summed E-state index contributed by atoms with van der Waals surface area (Å²) >= 11 is 0. The summed E-state index contributed by atoms with van der Waals surface area (Å²) < 4.78 is 19.1. The molecule has 0 atom stereocenters. The van der Waals surface area contributed by atoms with Crippen LogP contribution in [0.15, 0.2) is 72.9 Å². The number of rotatable bonds is 6. The number of urea groups is 1. The second kappa shape index (κ2) is 8.95. The lowest BCUT2D eigenvalue weighted by atomic mass is 9.88. The van der Waals surface area contributed by atoms with E-state index >= 15 is 0 Å². The summed E-state index contributed by atoms with van der Waals surface area (Å²) in [4.78, 5) is 17.0. The van der Waals surface area contributed by atoms with E-state index in [1.165, 1.54) is 12.1 Å². The number of halogens is 1. The molecule has 30 heavy (non-hydrogen) atoms. The molecule has 4 rings (SSSR count). The summed E-state index contributed by atoms with van der Waals surface area (Å²) in [6.45, 7) is 0.351. The van der Waals surface area contributed by atoms with Gasteiger partial charge in [0.15, 0.2) is 0 Å². The predicted octanol–water partition coefficient (Wildman–Crippen LogP) is 5.39. The zero-order valence-electron chi connectivity index (χ0n) is 16.6. The minimum Gasteiger partial charge on any atom is -0.487 e. The maximum Gasteiger partial charge on any atom is 0.319 e. The highest BCUT2D eigenvalue weighted by Crippen LogP contribution is 2.38. The summed E-state index contributed by atoms with van der Waals surface area (Å²) in [7, 11) is 0. The van der Waals surface area contributed by atoms with Crippen LogP contribution in [0.1, 0.15) is 36.9 Å². The molecular formula is C24H24FN3O2. The summed E-state index contributed by atoms with van der Waals surface area (Å²) in [5.41, 5.74) is 1.93. The molecule has 0 aliphatic heterocycles. The molecule has 0 radical (unpaired) electrons. The molecule has 3 aromatic rings. The van der Waals surface area contributed by atoms with Gasteiger partial charge in [0.05, 0.1) is 11.2 Å². The van der Waals surface area contributed by atoms with Crippen LogP contribution < -0.4 is 15.4 Å². The lowest BCUT2D eigenvalue weighted by Crippen LogP contribution is -2.45. The molecule has 1 heterocycles. The van der Waals surface area contributed by atoms with Gasteiger partial charge >= 0.3 is 6.03 Å². The Kier molecular flexibility index (Phi) is 5.93. The Hall–Kier alpha value is -3.41. The Morgan fingerprint density at radius 3 is 2.57 bits per heavy atom. The number of amides is 2. The molecular weight excluding hydrogens is 381 g/mol. The zero-order chi connectivity index (χ0) is 20.8. The topological polar surface area (TPSA) is 63.2 Å². The summed E-state index contributed by atoms with van der Waals surface area (Å²) in [6, 6.07) is 19.0. The second-order valence-electron chi connectivity index (χ2n) is 7.51. The van der Waals surface area contributed by atoms with E-state index in [0.717, 1.165) is 36.9 Å². The maximum atomic E-state index is 13.3. The van der Waals surface area contributed by atoms with Gasteiger partial charge in [-0.15, -0.1) is 0 Å². The minimum absolute atomic E-state index is 0.279. The van der Waals surface area contributed by atoms with Crippen LogP contribution >= 0.6 is 0 Å². The Bertz CT molecular complexity index is 987. The molecule has 1 aliphatic rings. The van der Waals surface area contributed by atoms with E-state index in [2.05, 4.69) is 15.6 Å². The van der Waals surface area contributed by atoms with E-state index in [1.54, 1.807) is 24.4 Å². The number of hydrogen-bond acceptors (Lipinski definition) is 3. The number of aromatic nitrogens is 1.